The van der Waals surface area contributed by atoms with Crippen LogP contribution in [-0.2, 0) is 9.53 Å². The van der Waals surface area contributed by atoms with E-state index in [1.54, 1.807) is 45.0 Å². The largest absolute Gasteiger partial charge is 0.504 e. The molecule has 2 heterocycles. The third-order valence-corrected chi connectivity index (χ3v) is 6.82. The van der Waals surface area contributed by atoms with Gasteiger partial charge in [-0.25, -0.2) is 9.79 Å². The fraction of sp³-hybridized carbons (Fsp3) is 0.269. The molecule has 0 fully saturated rings. The van der Waals surface area contributed by atoms with Crippen LogP contribution >= 0.6 is 11.3 Å². The first-order valence-corrected chi connectivity index (χ1v) is 12.5. The zero-order valence-electron chi connectivity index (χ0n) is 21.1. The standard InChI is InChI=1S/C26H25N3O8S/c1-5-36-19-13-17(29(33)34)11-16(23(19)30)12-20-24(31)28-22(15-7-9-18(35-4)10-8-15)21(25(32)37-6-2)14(3)27-26(28)38-20/h7-13,22,30H,5-6H2,1-4H3/t22-/m0/s1. The van der Waals surface area contributed by atoms with E-state index in [1.807, 2.05) is 0 Å². The summed E-state index contributed by atoms with van der Waals surface area (Å²) in [6.07, 6.45) is 1.35. The number of non-ortho nitro benzene ring substituents is 1. The Bertz CT molecular complexity index is 1620. The first kappa shape index (κ1) is 26.6. The summed E-state index contributed by atoms with van der Waals surface area (Å²) in [5.74, 6) is -0.400. The van der Waals surface area contributed by atoms with Gasteiger partial charge in [0, 0.05) is 11.6 Å². The number of nitro groups is 1. The summed E-state index contributed by atoms with van der Waals surface area (Å²) < 4.78 is 17.4. The van der Waals surface area contributed by atoms with Gasteiger partial charge in [0.2, 0.25) is 0 Å². The number of thiazole rings is 1. The molecule has 198 valence electrons. The first-order valence-electron chi connectivity index (χ1n) is 11.7. The van der Waals surface area contributed by atoms with E-state index in [2.05, 4.69) is 4.99 Å². The van der Waals surface area contributed by atoms with E-state index < -0.39 is 22.5 Å². The first-order chi connectivity index (χ1) is 18.2. The van der Waals surface area contributed by atoms with Crippen molar-refractivity contribution in [1.82, 2.24) is 4.57 Å². The van der Waals surface area contributed by atoms with Crippen LogP contribution in [0.25, 0.3) is 6.08 Å². The molecular weight excluding hydrogens is 514 g/mol. The lowest BCUT2D eigenvalue weighted by atomic mass is 9.96. The van der Waals surface area contributed by atoms with Gasteiger partial charge < -0.3 is 19.3 Å². The summed E-state index contributed by atoms with van der Waals surface area (Å²) in [6, 6.07) is 8.39. The molecule has 0 bridgehead atoms. The van der Waals surface area contributed by atoms with Crippen LogP contribution in [0.15, 0.2) is 57.5 Å². The number of aromatic hydroxyl groups is 1. The molecule has 0 saturated carbocycles. The molecule has 0 saturated heterocycles. The SMILES string of the molecule is CCOC(=O)C1=C(C)N=c2sc(=Cc3cc([N+](=O)[O-])cc(OCC)c3O)c(=O)n2[C@H]1c1ccc(OC)cc1. The molecule has 1 aromatic heterocycles. The average molecular weight is 540 g/mol. The number of allylic oxidation sites excluding steroid dienone is 1. The Balaban J connectivity index is 1.96. The second-order valence-corrected chi connectivity index (χ2v) is 9.16. The number of methoxy groups -OCH3 is 1. The van der Waals surface area contributed by atoms with Crippen molar-refractivity contribution in [1.29, 1.82) is 0 Å². The number of fused-ring (bicyclic) bond motifs is 1. The van der Waals surface area contributed by atoms with Gasteiger partial charge in [0.15, 0.2) is 16.3 Å². The number of nitrogens with zero attached hydrogens (tertiary/aromatic N) is 3. The van der Waals surface area contributed by atoms with Gasteiger partial charge in [0.05, 0.1) is 53.2 Å². The van der Waals surface area contributed by atoms with Crippen molar-refractivity contribution >= 4 is 29.1 Å². The van der Waals surface area contributed by atoms with Gasteiger partial charge >= 0.3 is 5.97 Å². The number of carbonyl (C=O) groups is 1. The Morgan fingerprint density at radius 2 is 1.95 bits per heavy atom. The van der Waals surface area contributed by atoms with Gasteiger partial charge in [-0.1, -0.05) is 23.5 Å². The molecule has 38 heavy (non-hydrogen) atoms. The molecular formula is C26H25N3O8S. The fourth-order valence-electron chi connectivity index (χ4n) is 4.13. The number of phenolic OH excluding ortho intramolecular Hbond substituents is 1. The van der Waals surface area contributed by atoms with E-state index >= 15 is 0 Å². The minimum absolute atomic E-state index is 0.0373. The highest BCUT2D eigenvalue weighted by molar-refractivity contribution is 7.07. The number of rotatable bonds is 8. The van der Waals surface area contributed by atoms with E-state index in [9.17, 15) is 24.8 Å². The number of nitro benzene ring substituents is 1. The van der Waals surface area contributed by atoms with Crippen molar-refractivity contribution in [2.45, 2.75) is 26.8 Å². The van der Waals surface area contributed by atoms with Crippen LogP contribution in [-0.4, -0.2) is 40.9 Å². The molecule has 2 aromatic carbocycles. The molecule has 0 aliphatic carbocycles. The third-order valence-electron chi connectivity index (χ3n) is 5.84. The maximum absolute atomic E-state index is 13.7. The average Bonchev–Trinajstić information content (AvgIpc) is 3.19. The van der Waals surface area contributed by atoms with Crippen molar-refractivity contribution in [2.75, 3.05) is 20.3 Å². The Labute approximate surface area is 220 Å². The van der Waals surface area contributed by atoms with Gasteiger partial charge in [-0.3, -0.25) is 19.5 Å². The van der Waals surface area contributed by atoms with Gasteiger partial charge in [-0.05, 0) is 44.5 Å². The maximum atomic E-state index is 13.7. The topological polar surface area (TPSA) is 142 Å². The Hall–Kier alpha value is -4.45. The van der Waals surface area contributed by atoms with E-state index in [4.69, 9.17) is 14.2 Å². The molecule has 12 heteroatoms. The molecule has 1 aliphatic rings. The normalized spacial score (nSPS) is 15.1. The lowest BCUT2D eigenvalue weighted by Crippen LogP contribution is -2.39. The Morgan fingerprint density at radius 3 is 2.55 bits per heavy atom. The summed E-state index contributed by atoms with van der Waals surface area (Å²) in [6.45, 7) is 5.35. The monoisotopic (exact) mass is 539 g/mol. The number of esters is 1. The van der Waals surface area contributed by atoms with Gasteiger partial charge in [0.1, 0.15) is 5.75 Å². The number of hydrogen-bond acceptors (Lipinski definition) is 10. The van der Waals surface area contributed by atoms with Crippen molar-refractivity contribution in [3.8, 4) is 17.2 Å². The predicted molar refractivity (Wildman–Crippen MR) is 139 cm³/mol. The van der Waals surface area contributed by atoms with Gasteiger partial charge in [-0.15, -0.1) is 0 Å². The molecule has 1 atom stereocenters. The number of phenols is 1. The zero-order valence-corrected chi connectivity index (χ0v) is 21.9. The smallest absolute Gasteiger partial charge is 0.338 e. The predicted octanol–water partition coefficient (Wildman–Crippen LogP) is 2.82. The van der Waals surface area contributed by atoms with Crippen LogP contribution in [0.1, 0.15) is 37.9 Å². The number of aromatic nitrogens is 1. The zero-order chi connectivity index (χ0) is 27.6. The minimum atomic E-state index is -0.837. The molecule has 0 amide bonds. The molecule has 3 aromatic rings. The molecule has 0 unspecified atom stereocenters. The molecule has 0 spiro atoms. The highest BCUT2D eigenvalue weighted by Crippen LogP contribution is 2.35. The molecule has 1 aliphatic heterocycles. The lowest BCUT2D eigenvalue weighted by molar-refractivity contribution is -0.385. The van der Waals surface area contributed by atoms with Crippen LogP contribution in [0.2, 0.25) is 0 Å². The second-order valence-electron chi connectivity index (χ2n) is 8.15. The van der Waals surface area contributed by atoms with Crippen LogP contribution in [0, 0.1) is 10.1 Å². The molecule has 1 N–H and O–H groups in total. The number of hydrogen-bond donors (Lipinski definition) is 1. The maximum Gasteiger partial charge on any atom is 0.338 e. The van der Waals surface area contributed by atoms with Crippen LogP contribution in [0.4, 0.5) is 5.69 Å². The van der Waals surface area contributed by atoms with E-state index in [-0.39, 0.29) is 46.1 Å². The van der Waals surface area contributed by atoms with Crippen LogP contribution < -0.4 is 24.4 Å². The fourth-order valence-corrected chi connectivity index (χ4v) is 5.17. The van der Waals surface area contributed by atoms with E-state index in [1.165, 1.54) is 17.8 Å². The molecule has 0 radical (unpaired) electrons. The summed E-state index contributed by atoms with van der Waals surface area (Å²) in [5.41, 5.74) is 0.485. The van der Waals surface area contributed by atoms with Crippen molar-refractivity contribution < 1.29 is 29.0 Å². The summed E-state index contributed by atoms with van der Waals surface area (Å²) in [4.78, 5) is 42.4. The molecule has 11 nitrogen and oxygen atoms in total. The molecule has 4 rings (SSSR count). The number of ether oxygens (including phenoxy) is 3. The van der Waals surface area contributed by atoms with E-state index in [0.29, 0.717) is 21.8 Å². The summed E-state index contributed by atoms with van der Waals surface area (Å²) in [7, 11) is 1.53. The van der Waals surface area contributed by atoms with E-state index in [0.717, 1.165) is 23.5 Å². The second kappa shape index (κ2) is 10.9. The lowest BCUT2D eigenvalue weighted by Gasteiger charge is -2.24. The summed E-state index contributed by atoms with van der Waals surface area (Å²) in [5, 5.41) is 22.1. The van der Waals surface area contributed by atoms with Gasteiger partial charge in [0.25, 0.3) is 11.2 Å². The quantitative estimate of drug-likeness (QED) is 0.262. The highest BCUT2D eigenvalue weighted by atomic mass is 32.1. The van der Waals surface area contributed by atoms with Crippen LogP contribution in [0.3, 0.4) is 0 Å². The van der Waals surface area contributed by atoms with Crippen molar-refractivity contribution in [3.05, 3.63) is 88.6 Å². The van der Waals surface area contributed by atoms with Crippen molar-refractivity contribution in [3.63, 3.8) is 0 Å². The van der Waals surface area contributed by atoms with Crippen molar-refractivity contribution in [2.24, 2.45) is 4.99 Å². The minimum Gasteiger partial charge on any atom is -0.504 e. The highest BCUT2D eigenvalue weighted by Gasteiger charge is 2.33. The number of benzene rings is 2. The Morgan fingerprint density at radius 1 is 1.24 bits per heavy atom. The van der Waals surface area contributed by atoms with Gasteiger partial charge in [-0.2, -0.15) is 0 Å². The third kappa shape index (κ3) is 4.90. The van der Waals surface area contributed by atoms with Crippen LogP contribution in [0.5, 0.6) is 17.2 Å². The Kier molecular flexibility index (Phi) is 7.62. The number of carbonyl (C=O) groups excluding carboxylic acids is 1. The summed E-state index contributed by atoms with van der Waals surface area (Å²) >= 11 is 1.03.